The summed E-state index contributed by atoms with van der Waals surface area (Å²) in [6.45, 7) is 3.86. The molecule has 2 heterocycles. The molecule has 0 saturated carbocycles. The molecule has 2 rings (SSSR count). The van der Waals surface area contributed by atoms with E-state index in [2.05, 4.69) is 4.83 Å². The lowest BCUT2D eigenvalue weighted by Gasteiger charge is -2.26. The summed E-state index contributed by atoms with van der Waals surface area (Å²) >= 11 is 0. The third-order valence-corrected chi connectivity index (χ3v) is 4.16. The van der Waals surface area contributed by atoms with Gasteiger partial charge >= 0.3 is 0 Å². The molecule has 0 aromatic carbocycles. The number of ether oxygens (including phenoxy) is 1. The smallest absolute Gasteiger partial charge is 0.256 e. The van der Waals surface area contributed by atoms with Gasteiger partial charge in [0.1, 0.15) is 16.4 Å². The molecule has 1 aromatic rings. The minimum atomic E-state index is -3.61. The minimum Gasteiger partial charge on any atom is -0.464 e. The van der Waals surface area contributed by atoms with Crippen LogP contribution in [0.4, 0.5) is 0 Å². The number of hydrazine groups is 1. The zero-order chi connectivity index (χ0) is 13.2. The Morgan fingerprint density at radius 1 is 1.44 bits per heavy atom. The van der Waals surface area contributed by atoms with Crippen molar-refractivity contribution >= 4 is 10.0 Å². The van der Waals surface area contributed by atoms with Gasteiger partial charge in [-0.05, 0) is 6.92 Å². The van der Waals surface area contributed by atoms with E-state index in [1.807, 2.05) is 0 Å². The lowest BCUT2D eigenvalue weighted by Crippen LogP contribution is -2.48. The molecule has 0 bridgehead atoms. The molecule has 1 aliphatic heterocycles. The summed E-state index contributed by atoms with van der Waals surface area (Å²) in [7, 11) is -3.61. The lowest BCUT2D eigenvalue weighted by molar-refractivity contribution is 0.0272. The highest BCUT2D eigenvalue weighted by Gasteiger charge is 2.24. The van der Waals surface area contributed by atoms with Crippen molar-refractivity contribution in [2.75, 3.05) is 26.3 Å². The molecule has 0 radical (unpaired) electrons. The molecule has 1 saturated heterocycles. The van der Waals surface area contributed by atoms with E-state index in [4.69, 9.17) is 14.9 Å². The van der Waals surface area contributed by atoms with E-state index in [0.29, 0.717) is 37.8 Å². The van der Waals surface area contributed by atoms with E-state index >= 15 is 0 Å². The van der Waals surface area contributed by atoms with Crippen molar-refractivity contribution in [1.29, 1.82) is 0 Å². The van der Waals surface area contributed by atoms with E-state index in [0.717, 1.165) is 0 Å². The second-order valence-corrected chi connectivity index (χ2v) is 5.66. The summed E-state index contributed by atoms with van der Waals surface area (Å²) in [4.78, 5) is 2.65. The van der Waals surface area contributed by atoms with Gasteiger partial charge in [0.15, 0.2) is 0 Å². The molecule has 1 aliphatic rings. The van der Waals surface area contributed by atoms with Crippen molar-refractivity contribution in [3.05, 3.63) is 17.6 Å². The maximum absolute atomic E-state index is 12.2. The Labute approximate surface area is 106 Å². The fourth-order valence-electron chi connectivity index (χ4n) is 1.77. The molecule has 18 heavy (non-hydrogen) atoms. The van der Waals surface area contributed by atoms with E-state index in [1.54, 1.807) is 11.9 Å². The third-order valence-electron chi connectivity index (χ3n) is 2.67. The van der Waals surface area contributed by atoms with Gasteiger partial charge in [-0.25, -0.2) is 13.4 Å². The van der Waals surface area contributed by atoms with Crippen LogP contribution in [0.2, 0.25) is 0 Å². The number of nitrogens with zero attached hydrogens (tertiary/aromatic N) is 1. The van der Waals surface area contributed by atoms with Gasteiger partial charge in [0, 0.05) is 19.2 Å². The average molecular weight is 275 g/mol. The molecule has 0 aliphatic carbocycles. The van der Waals surface area contributed by atoms with Crippen molar-refractivity contribution in [2.45, 2.75) is 18.4 Å². The number of hydrogen-bond acceptors (Lipinski definition) is 6. The first kappa shape index (κ1) is 13.5. The molecule has 8 heteroatoms. The Kier molecular flexibility index (Phi) is 4.03. The summed E-state index contributed by atoms with van der Waals surface area (Å²) in [6.07, 6.45) is 0. The largest absolute Gasteiger partial charge is 0.464 e. The summed E-state index contributed by atoms with van der Waals surface area (Å²) in [6, 6.07) is 1.46. The van der Waals surface area contributed by atoms with Crippen LogP contribution in [0.1, 0.15) is 11.5 Å². The van der Waals surface area contributed by atoms with E-state index in [-0.39, 0.29) is 11.4 Å². The predicted octanol–water partition coefficient (Wildman–Crippen LogP) is -0.428. The highest BCUT2D eigenvalue weighted by molar-refractivity contribution is 7.89. The monoisotopic (exact) mass is 275 g/mol. The van der Waals surface area contributed by atoms with E-state index in [1.165, 1.54) is 6.07 Å². The summed E-state index contributed by atoms with van der Waals surface area (Å²) < 4.78 is 34.7. The highest BCUT2D eigenvalue weighted by Crippen LogP contribution is 2.19. The van der Waals surface area contributed by atoms with Gasteiger partial charge in [-0.2, -0.15) is 0 Å². The Balaban J connectivity index is 2.16. The van der Waals surface area contributed by atoms with Crippen molar-refractivity contribution in [2.24, 2.45) is 5.73 Å². The second kappa shape index (κ2) is 5.37. The number of rotatable bonds is 4. The first-order chi connectivity index (χ1) is 8.53. The number of nitrogens with two attached hydrogens (primary N) is 1. The average Bonchev–Trinajstić information content (AvgIpc) is 2.72. The molecule has 0 atom stereocenters. The normalized spacial score (nSPS) is 18.1. The van der Waals surface area contributed by atoms with Crippen LogP contribution in [-0.4, -0.2) is 39.7 Å². The van der Waals surface area contributed by atoms with Crippen LogP contribution in [0.3, 0.4) is 0 Å². The fourth-order valence-corrected chi connectivity index (χ4v) is 3.09. The molecular formula is C10H17N3O4S. The van der Waals surface area contributed by atoms with Crippen LogP contribution in [0.5, 0.6) is 0 Å². The number of aryl methyl sites for hydroxylation is 1. The number of furan rings is 1. The molecule has 0 spiro atoms. The molecule has 102 valence electrons. The quantitative estimate of drug-likeness (QED) is 0.774. The first-order valence-corrected chi connectivity index (χ1v) is 7.16. The maximum atomic E-state index is 12.2. The molecular weight excluding hydrogens is 258 g/mol. The van der Waals surface area contributed by atoms with Gasteiger partial charge in [0.25, 0.3) is 10.0 Å². The van der Waals surface area contributed by atoms with Gasteiger partial charge in [0.2, 0.25) is 0 Å². The summed E-state index contributed by atoms with van der Waals surface area (Å²) in [5.41, 5.74) is 5.42. The third kappa shape index (κ3) is 2.90. The van der Waals surface area contributed by atoms with Crippen LogP contribution in [0, 0.1) is 6.92 Å². The van der Waals surface area contributed by atoms with Crippen molar-refractivity contribution in [3.63, 3.8) is 0 Å². The molecule has 1 fully saturated rings. The molecule has 0 unspecified atom stereocenters. The second-order valence-electron chi connectivity index (χ2n) is 4.03. The minimum absolute atomic E-state index is 0.134. The van der Waals surface area contributed by atoms with Crippen LogP contribution < -0.4 is 10.6 Å². The number of hydrogen-bond donors (Lipinski definition) is 2. The standard InChI is InChI=1S/C10H17N3O4S/c1-8-10(6-9(7-11)17-8)18(14,15)12-13-2-4-16-5-3-13/h6,12H,2-5,7,11H2,1H3. The Hall–Kier alpha value is -0.930. The molecule has 0 amide bonds. The van der Waals surface area contributed by atoms with E-state index < -0.39 is 10.0 Å². The zero-order valence-electron chi connectivity index (χ0n) is 10.2. The van der Waals surface area contributed by atoms with Gasteiger partial charge in [0.05, 0.1) is 19.8 Å². The Morgan fingerprint density at radius 2 is 2.11 bits per heavy atom. The van der Waals surface area contributed by atoms with Gasteiger partial charge in [-0.1, -0.05) is 0 Å². The maximum Gasteiger partial charge on any atom is 0.256 e. The molecule has 3 N–H and O–H groups in total. The Morgan fingerprint density at radius 3 is 2.67 bits per heavy atom. The molecule has 1 aromatic heterocycles. The van der Waals surface area contributed by atoms with Crippen LogP contribution in [0.25, 0.3) is 0 Å². The summed E-state index contributed by atoms with van der Waals surface area (Å²) in [5.74, 6) is 0.797. The van der Waals surface area contributed by atoms with Gasteiger partial charge in [-0.15, -0.1) is 4.83 Å². The number of morpholine rings is 1. The van der Waals surface area contributed by atoms with Gasteiger partial charge in [-0.3, -0.25) is 0 Å². The predicted molar refractivity (Wildman–Crippen MR) is 64.0 cm³/mol. The highest BCUT2D eigenvalue weighted by atomic mass is 32.2. The first-order valence-electron chi connectivity index (χ1n) is 5.67. The van der Waals surface area contributed by atoms with E-state index in [9.17, 15) is 8.42 Å². The fraction of sp³-hybridized carbons (Fsp3) is 0.600. The summed E-state index contributed by atoms with van der Waals surface area (Å²) in [5, 5.41) is 1.62. The lowest BCUT2D eigenvalue weighted by atomic mass is 10.4. The zero-order valence-corrected chi connectivity index (χ0v) is 11.0. The van der Waals surface area contributed by atoms with Crippen LogP contribution in [0.15, 0.2) is 15.4 Å². The SMILES string of the molecule is Cc1oc(CN)cc1S(=O)(=O)NN1CCOCC1. The topological polar surface area (TPSA) is 97.8 Å². The van der Waals surface area contributed by atoms with Crippen molar-refractivity contribution in [3.8, 4) is 0 Å². The van der Waals surface area contributed by atoms with Gasteiger partial charge < -0.3 is 14.9 Å². The van der Waals surface area contributed by atoms with Crippen LogP contribution in [-0.2, 0) is 21.3 Å². The van der Waals surface area contributed by atoms with Crippen LogP contribution >= 0.6 is 0 Å². The number of nitrogens with one attached hydrogen (secondary N) is 1. The van der Waals surface area contributed by atoms with Crippen molar-refractivity contribution < 1.29 is 17.6 Å². The van der Waals surface area contributed by atoms with Crippen molar-refractivity contribution in [1.82, 2.24) is 9.84 Å². The molecule has 7 nitrogen and oxygen atoms in total. The Bertz CT molecular complexity index is 505. The number of sulfonamides is 1.